The lowest BCUT2D eigenvalue weighted by Gasteiger charge is -2.25. The van der Waals surface area contributed by atoms with Gasteiger partial charge in [-0.1, -0.05) is 6.07 Å². The minimum Gasteiger partial charge on any atom is -0.328 e. The monoisotopic (exact) mass is 300 g/mol. The Morgan fingerprint density at radius 2 is 1.86 bits per heavy atom. The maximum Gasteiger partial charge on any atom is 0.416 e. The van der Waals surface area contributed by atoms with E-state index < -0.39 is 11.7 Å². The number of amides is 1. The molecule has 21 heavy (non-hydrogen) atoms. The quantitative estimate of drug-likeness (QED) is 0.878. The molecule has 1 aromatic carbocycles. The van der Waals surface area contributed by atoms with Crippen LogP contribution < -0.4 is 11.1 Å². The van der Waals surface area contributed by atoms with Crippen LogP contribution in [-0.2, 0) is 11.0 Å². The molecule has 1 aromatic rings. The molecule has 0 bridgehead atoms. The second-order valence-corrected chi connectivity index (χ2v) is 5.63. The highest BCUT2D eigenvalue weighted by atomic mass is 19.4. The molecule has 1 aliphatic carbocycles. The van der Waals surface area contributed by atoms with Gasteiger partial charge >= 0.3 is 6.18 Å². The maximum absolute atomic E-state index is 12.8. The Balaban J connectivity index is 2.08. The van der Waals surface area contributed by atoms with E-state index in [4.69, 9.17) is 5.73 Å². The van der Waals surface area contributed by atoms with Gasteiger partial charge in [0.1, 0.15) is 0 Å². The van der Waals surface area contributed by atoms with Crippen LogP contribution in [0.5, 0.6) is 0 Å². The summed E-state index contributed by atoms with van der Waals surface area (Å²) in [4.78, 5) is 12.1. The number of benzene rings is 1. The molecule has 0 aromatic heterocycles. The number of hydrogen-bond donors (Lipinski definition) is 2. The Kier molecular flexibility index (Phi) is 4.56. The molecule has 0 aliphatic heterocycles. The molecule has 2 rings (SSSR count). The van der Waals surface area contributed by atoms with Crippen LogP contribution in [0.4, 0.5) is 18.9 Å². The molecule has 0 spiro atoms. The highest BCUT2D eigenvalue weighted by Gasteiger charge is 2.33. The number of carbonyl (C=O) groups excluding carboxylic acids is 1. The normalized spacial score (nSPS) is 22.9. The number of alkyl halides is 3. The van der Waals surface area contributed by atoms with E-state index in [9.17, 15) is 18.0 Å². The van der Waals surface area contributed by atoms with Crippen LogP contribution in [0.25, 0.3) is 0 Å². The van der Waals surface area contributed by atoms with E-state index in [1.165, 1.54) is 19.1 Å². The molecule has 1 saturated carbocycles. The Morgan fingerprint density at radius 1 is 1.24 bits per heavy atom. The van der Waals surface area contributed by atoms with Crippen molar-refractivity contribution in [3.8, 4) is 0 Å². The average Bonchev–Trinajstić information content (AvgIpc) is 2.40. The second kappa shape index (κ2) is 6.05. The Morgan fingerprint density at radius 3 is 2.43 bits per heavy atom. The molecule has 3 nitrogen and oxygen atoms in total. The van der Waals surface area contributed by atoms with E-state index in [2.05, 4.69) is 5.32 Å². The zero-order chi connectivity index (χ0) is 15.6. The summed E-state index contributed by atoms with van der Waals surface area (Å²) in [5, 5.41) is 2.59. The van der Waals surface area contributed by atoms with Gasteiger partial charge in [0.2, 0.25) is 5.91 Å². The predicted molar refractivity (Wildman–Crippen MR) is 74.7 cm³/mol. The molecule has 116 valence electrons. The molecule has 0 heterocycles. The number of anilines is 1. The molecule has 1 amide bonds. The number of nitrogens with one attached hydrogen (secondary N) is 1. The van der Waals surface area contributed by atoms with Gasteiger partial charge in [-0.15, -0.1) is 0 Å². The first-order chi connectivity index (χ1) is 9.77. The summed E-state index contributed by atoms with van der Waals surface area (Å²) < 4.78 is 38.5. The van der Waals surface area contributed by atoms with Crippen LogP contribution in [-0.4, -0.2) is 11.9 Å². The number of rotatable bonds is 2. The lowest BCUT2D eigenvalue weighted by Crippen LogP contribution is -2.32. The van der Waals surface area contributed by atoms with Gasteiger partial charge < -0.3 is 11.1 Å². The zero-order valence-electron chi connectivity index (χ0n) is 11.8. The molecule has 1 aliphatic rings. The fourth-order valence-corrected chi connectivity index (χ4v) is 2.63. The largest absolute Gasteiger partial charge is 0.416 e. The number of carbonyl (C=O) groups is 1. The highest BCUT2D eigenvalue weighted by Crippen LogP contribution is 2.33. The minimum atomic E-state index is -4.41. The van der Waals surface area contributed by atoms with Crippen LogP contribution in [0.1, 0.15) is 36.8 Å². The summed E-state index contributed by atoms with van der Waals surface area (Å²) in [6.45, 7) is 1.40. The van der Waals surface area contributed by atoms with E-state index in [-0.39, 0.29) is 29.1 Å². The number of nitrogens with two attached hydrogens (primary N) is 1. The van der Waals surface area contributed by atoms with Gasteiger partial charge in [-0.3, -0.25) is 4.79 Å². The topological polar surface area (TPSA) is 55.1 Å². The fraction of sp³-hybridized carbons (Fsp3) is 0.533. The zero-order valence-corrected chi connectivity index (χ0v) is 11.8. The SMILES string of the molecule is Cc1ccc(NC(=O)C2CCC(N)CC2)cc1C(F)(F)F. The molecule has 0 saturated heterocycles. The molecular weight excluding hydrogens is 281 g/mol. The smallest absolute Gasteiger partial charge is 0.328 e. The highest BCUT2D eigenvalue weighted by molar-refractivity contribution is 5.92. The average molecular weight is 300 g/mol. The van der Waals surface area contributed by atoms with Gasteiger partial charge in [-0.2, -0.15) is 13.2 Å². The van der Waals surface area contributed by atoms with Gasteiger partial charge in [0.25, 0.3) is 0 Å². The minimum absolute atomic E-state index is 0.130. The van der Waals surface area contributed by atoms with Crippen LogP contribution >= 0.6 is 0 Å². The standard InChI is InChI=1S/C15H19F3N2O/c1-9-2-7-12(8-13(9)15(16,17)18)20-14(21)10-3-5-11(19)6-4-10/h2,7-8,10-11H,3-6,19H2,1H3,(H,20,21). The molecule has 6 heteroatoms. The van der Waals surface area contributed by atoms with Crippen molar-refractivity contribution in [1.29, 1.82) is 0 Å². The summed E-state index contributed by atoms with van der Waals surface area (Å²) in [6, 6.07) is 3.99. The van der Waals surface area contributed by atoms with E-state index in [1.54, 1.807) is 0 Å². The Bertz CT molecular complexity index is 520. The molecule has 0 unspecified atom stereocenters. The van der Waals surface area contributed by atoms with Gasteiger partial charge in [-0.05, 0) is 50.3 Å². The summed E-state index contributed by atoms with van der Waals surface area (Å²) in [5.74, 6) is -0.390. The molecule has 1 fully saturated rings. The third kappa shape index (κ3) is 3.97. The third-order valence-electron chi connectivity index (χ3n) is 3.95. The fourth-order valence-electron chi connectivity index (χ4n) is 2.63. The second-order valence-electron chi connectivity index (χ2n) is 5.63. The molecule has 0 atom stereocenters. The summed E-state index contributed by atoms with van der Waals surface area (Å²) in [5.41, 5.74) is 5.39. The van der Waals surface area contributed by atoms with Crippen molar-refractivity contribution in [3.05, 3.63) is 29.3 Å². The maximum atomic E-state index is 12.8. The summed E-state index contributed by atoms with van der Waals surface area (Å²) >= 11 is 0. The Labute approximate surface area is 121 Å². The van der Waals surface area contributed by atoms with Crippen molar-refractivity contribution in [2.24, 2.45) is 11.7 Å². The van der Waals surface area contributed by atoms with Crippen LogP contribution in [0.2, 0.25) is 0 Å². The van der Waals surface area contributed by atoms with Crippen molar-refractivity contribution >= 4 is 11.6 Å². The molecule has 0 radical (unpaired) electrons. The van der Waals surface area contributed by atoms with Crippen molar-refractivity contribution in [2.75, 3.05) is 5.32 Å². The third-order valence-corrected chi connectivity index (χ3v) is 3.95. The molecular formula is C15H19F3N2O. The van der Waals surface area contributed by atoms with E-state index >= 15 is 0 Å². The van der Waals surface area contributed by atoms with Crippen LogP contribution in [0.15, 0.2) is 18.2 Å². The van der Waals surface area contributed by atoms with E-state index in [0.29, 0.717) is 12.8 Å². The van der Waals surface area contributed by atoms with Gasteiger partial charge in [0, 0.05) is 17.6 Å². The van der Waals surface area contributed by atoms with E-state index in [0.717, 1.165) is 18.9 Å². The summed E-state index contributed by atoms with van der Waals surface area (Å²) in [7, 11) is 0. The van der Waals surface area contributed by atoms with Crippen molar-refractivity contribution < 1.29 is 18.0 Å². The lowest BCUT2D eigenvalue weighted by molar-refractivity contribution is -0.138. The Hall–Kier alpha value is -1.56. The van der Waals surface area contributed by atoms with Crippen LogP contribution in [0.3, 0.4) is 0 Å². The number of hydrogen-bond acceptors (Lipinski definition) is 2. The van der Waals surface area contributed by atoms with Crippen molar-refractivity contribution in [1.82, 2.24) is 0 Å². The van der Waals surface area contributed by atoms with Gasteiger partial charge in [0.05, 0.1) is 5.56 Å². The first-order valence-corrected chi connectivity index (χ1v) is 7.01. The van der Waals surface area contributed by atoms with E-state index in [1.807, 2.05) is 0 Å². The van der Waals surface area contributed by atoms with Crippen molar-refractivity contribution in [3.63, 3.8) is 0 Å². The molecule has 3 N–H and O–H groups in total. The first-order valence-electron chi connectivity index (χ1n) is 7.01. The predicted octanol–water partition coefficient (Wildman–Crippen LogP) is 3.47. The van der Waals surface area contributed by atoms with Crippen LogP contribution in [0, 0.1) is 12.8 Å². The summed E-state index contributed by atoms with van der Waals surface area (Å²) in [6.07, 6.45) is -1.49. The lowest BCUT2D eigenvalue weighted by atomic mass is 9.86. The van der Waals surface area contributed by atoms with Gasteiger partial charge in [-0.25, -0.2) is 0 Å². The number of halogens is 3. The first kappa shape index (κ1) is 15.8. The van der Waals surface area contributed by atoms with Crippen molar-refractivity contribution in [2.45, 2.75) is 44.8 Å². The number of aryl methyl sites for hydroxylation is 1. The van der Waals surface area contributed by atoms with Gasteiger partial charge in [0.15, 0.2) is 0 Å².